The van der Waals surface area contributed by atoms with E-state index in [0.717, 1.165) is 13.1 Å². The van der Waals surface area contributed by atoms with Gasteiger partial charge in [0.2, 0.25) is 5.91 Å². The molecule has 2 unspecified atom stereocenters. The lowest BCUT2D eigenvalue weighted by atomic mass is 10.3. The molecular weight excluding hydrogens is 184 g/mol. The van der Waals surface area contributed by atoms with Crippen LogP contribution in [0.3, 0.4) is 0 Å². The van der Waals surface area contributed by atoms with Gasteiger partial charge in [-0.05, 0) is 0 Å². The van der Waals surface area contributed by atoms with Crippen molar-refractivity contribution in [3.63, 3.8) is 0 Å². The molecule has 0 radical (unpaired) electrons. The number of rotatable bonds is 3. The maximum Gasteiger partial charge on any atom is 0.306 e. The van der Waals surface area contributed by atoms with E-state index >= 15 is 0 Å². The first kappa shape index (κ1) is 9.45. The van der Waals surface area contributed by atoms with Gasteiger partial charge in [0.25, 0.3) is 0 Å². The topological polar surface area (TPSA) is 68.6 Å². The molecule has 1 N–H and O–H groups in total. The van der Waals surface area contributed by atoms with Crippen LogP contribution in [-0.2, 0) is 14.3 Å². The monoisotopic (exact) mass is 198 g/mol. The normalized spacial score (nSPS) is 28.5. The molecule has 2 heterocycles. The van der Waals surface area contributed by atoms with E-state index in [-0.39, 0.29) is 24.7 Å². The Balaban J connectivity index is 1.70. The first-order chi connectivity index (χ1) is 6.70. The van der Waals surface area contributed by atoms with Crippen molar-refractivity contribution >= 4 is 11.9 Å². The fourth-order valence-electron chi connectivity index (χ4n) is 1.80. The van der Waals surface area contributed by atoms with Crippen LogP contribution in [0.15, 0.2) is 0 Å². The molecule has 2 rings (SSSR count). The quantitative estimate of drug-likeness (QED) is 0.472. The van der Waals surface area contributed by atoms with Crippen molar-refractivity contribution < 1.29 is 14.3 Å². The van der Waals surface area contributed by atoms with Gasteiger partial charge in [0.05, 0.1) is 13.5 Å². The molecule has 2 aliphatic heterocycles. The Labute approximate surface area is 82.4 Å². The number of likely N-dealkylation sites (tertiary alicyclic amines) is 1. The number of ether oxygens (including phenoxy) is 1. The second-order valence-electron chi connectivity index (χ2n) is 3.75. The first-order valence-electron chi connectivity index (χ1n) is 4.81. The largest absolute Gasteiger partial charge is 0.469 e. The summed E-state index contributed by atoms with van der Waals surface area (Å²) in [5.41, 5.74) is 0. The zero-order valence-corrected chi connectivity index (χ0v) is 8.16. The third-order valence-electron chi connectivity index (χ3n) is 2.76. The lowest BCUT2D eigenvalue weighted by Crippen LogP contribution is -2.33. The van der Waals surface area contributed by atoms with E-state index in [2.05, 4.69) is 10.1 Å². The molecule has 2 saturated heterocycles. The summed E-state index contributed by atoms with van der Waals surface area (Å²) in [6.45, 7) is 1.59. The van der Waals surface area contributed by atoms with Gasteiger partial charge in [-0.2, -0.15) is 0 Å². The number of hydrogen-bond acceptors (Lipinski definition) is 4. The van der Waals surface area contributed by atoms with Crippen molar-refractivity contribution in [1.29, 1.82) is 0 Å². The third kappa shape index (κ3) is 1.87. The van der Waals surface area contributed by atoms with E-state index in [1.807, 2.05) is 4.90 Å². The lowest BCUT2D eigenvalue weighted by molar-refractivity contribution is -0.143. The zero-order valence-electron chi connectivity index (χ0n) is 8.16. The second kappa shape index (κ2) is 3.57. The maximum atomic E-state index is 11.5. The summed E-state index contributed by atoms with van der Waals surface area (Å²) >= 11 is 0. The Bertz CT molecular complexity index is 257. The molecule has 78 valence electrons. The minimum atomic E-state index is -0.319. The van der Waals surface area contributed by atoms with E-state index in [0.29, 0.717) is 12.1 Å². The molecule has 2 fully saturated rings. The molecule has 0 aliphatic carbocycles. The van der Waals surface area contributed by atoms with Gasteiger partial charge in [-0.25, -0.2) is 0 Å². The Morgan fingerprint density at radius 2 is 2.00 bits per heavy atom. The molecule has 5 nitrogen and oxygen atoms in total. The van der Waals surface area contributed by atoms with Crippen molar-refractivity contribution in [1.82, 2.24) is 10.2 Å². The molecule has 14 heavy (non-hydrogen) atoms. The highest BCUT2D eigenvalue weighted by molar-refractivity contribution is 5.81. The van der Waals surface area contributed by atoms with Gasteiger partial charge in [-0.1, -0.05) is 0 Å². The fourth-order valence-corrected chi connectivity index (χ4v) is 1.80. The molecule has 1 amide bonds. The molecule has 5 heteroatoms. The van der Waals surface area contributed by atoms with Gasteiger partial charge < -0.3 is 15.0 Å². The molecule has 0 aromatic carbocycles. The van der Waals surface area contributed by atoms with Gasteiger partial charge in [-0.3, -0.25) is 9.59 Å². The standard InChI is InChI=1S/C9H14N2O3/c1-14-9(13)3-2-8(12)11-4-6-7(5-11)10-6/h6-7,10H,2-5H2,1H3. The van der Waals surface area contributed by atoms with E-state index < -0.39 is 0 Å². The minimum Gasteiger partial charge on any atom is -0.469 e. The molecular formula is C9H14N2O3. The molecule has 0 aromatic heterocycles. The SMILES string of the molecule is COC(=O)CCC(=O)N1CC2NC2C1. The van der Waals surface area contributed by atoms with Gasteiger partial charge in [0, 0.05) is 31.6 Å². The highest BCUT2D eigenvalue weighted by atomic mass is 16.5. The van der Waals surface area contributed by atoms with Gasteiger partial charge in [-0.15, -0.1) is 0 Å². The Kier molecular flexibility index (Phi) is 2.41. The van der Waals surface area contributed by atoms with E-state index in [4.69, 9.17) is 0 Å². The van der Waals surface area contributed by atoms with Gasteiger partial charge in [0.15, 0.2) is 0 Å². The van der Waals surface area contributed by atoms with Crippen LogP contribution in [0.25, 0.3) is 0 Å². The lowest BCUT2D eigenvalue weighted by Gasteiger charge is -2.17. The van der Waals surface area contributed by atoms with E-state index in [1.54, 1.807) is 0 Å². The van der Waals surface area contributed by atoms with Crippen LogP contribution in [0.2, 0.25) is 0 Å². The number of piperazine rings is 1. The van der Waals surface area contributed by atoms with Crippen molar-refractivity contribution in [3.05, 3.63) is 0 Å². The number of esters is 1. The first-order valence-corrected chi connectivity index (χ1v) is 4.81. The van der Waals surface area contributed by atoms with Crippen molar-refractivity contribution in [2.45, 2.75) is 24.9 Å². The Morgan fingerprint density at radius 3 is 2.57 bits per heavy atom. The summed E-state index contributed by atoms with van der Waals surface area (Å²) in [6, 6.07) is 1.02. The highest BCUT2D eigenvalue weighted by Gasteiger charge is 2.45. The van der Waals surface area contributed by atoms with Gasteiger partial charge in [0.1, 0.15) is 0 Å². The average Bonchev–Trinajstić information content (AvgIpc) is 2.81. The van der Waals surface area contributed by atoms with Crippen LogP contribution in [0.5, 0.6) is 0 Å². The van der Waals surface area contributed by atoms with Crippen LogP contribution >= 0.6 is 0 Å². The number of hydrogen-bond donors (Lipinski definition) is 1. The summed E-state index contributed by atoms with van der Waals surface area (Å²) in [6.07, 6.45) is 0.459. The number of carbonyl (C=O) groups excluding carboxylic acids is 2. The number of fused-ring (bicyclic) bond motifs is 1. The molecule has 0 saturated carbocycles. The number of carbonyl (C=O) groups is 2. The summed E-state index contributed by atoms with van der Waals surface area (Å²) in [4.78, 5) is 24.1. The number of amides is 1. The number of methoxy groups -OCH3 is 1. The predicted octanol–water partition coefficient (Wildman–Crippen LogP) is -0.878. The summed E-state index contributed by atoms with van der Waals surface area (Å²) in [5, 5.41) is 3.24. The van der Waals surface area contributed by atoms with Crippen LogP contribution < -0.4 is 5.32 Å². The van der Waals surface area contributed by atoms with Crippen molar-refractivity contribution in [2.24, 2.45) is 0 Å². The van der Waals surface area contributed by atoms with Crippen LogP contribution in [0, 0.1) is 0 Å². The van der Waals surface area contributed by atoms with Crippen LogP contribution in [0.4, 0.5) is 0 Å². The number of nitrogens with one attached hydrogen (secondary N) is 1. The van der Waals surface area contributed by atoms with Gasteiger partial charge >= 0.3 is 5.97 Å². The second-order valence-corrected chi connectivity index (χ2v) is 3.75. The van der Waals surface area contributed by atoms with E-state index in [1.165, 1.54) is 7.11 Å². The molecule has 2 atom stereocenters. The molecule has 0 bridgehead atoms. The fraction of sp³-hybridized carbons (Fsp3) is 0.778. The van der Waals surface area contributed by atoms with Crippen molar-refractivity contribution in [3.8, 4) is 0 Å². The third-order valence-corrected chi connectivity index (χ3v) is 2.76. The average molecular weight is 198 g/mol. The zero-order chi connectivity index (χ0) is 10.1. The summed E-state index contributed by atoms with van der Waals surface area (Å²) < 4.78 is 4.47. The summed E-state index contributed by atoms with van der Waals surface area (Å²) in [7, 11) is 1.34. The van der Waals surface area contributed by atoms with E-state index in [9.17, 15) is 9.59 Å². The predicted molar refractivity (Wildman–Crippen MR) is 48.5 cm³/mol. The number of nitrogens with zero attached hydrogens (tertiary/aromatic N) is 1. The van der Waals surface area contributed by atoms with Crippen LogP contribution in [0.1, 0.15) is 12.8 Å². The highest BCUT2D eigenvalue weighted by Crippen LogP contribution is 2.22. The summed E-state index contributed by atoms with van der Waals surface area (Å²) in [5.74, 6) is -0.259. The Morgan fingerprint density at radius 1 is 1.36 bits per heavy atom. The van der Waals surface area contributed by atoms with Crippen molar-refractivity contribution in [2.75, 3.05) is 20.2 Å². The maximum absolute atomic E-state index is 11.5. The van der Waals surface area contributed by atoms with Crippen LogP contribution in [-0.4, -0.2) is 49.1 Å². The molecule has 2 aliphatic rings. The molecule has 0 aromatic rings. The smallest absolute Gasteiger partial charge is 0.306 e. The minimum absolute atomic E-state index is 0.0596. The molecule has 0 spiro atoms. The Hall–Kier alpha value is -1.10.